The molecular formula is C15H22O4. The van der Waals surface area contributed by atoms with Crippen LogP contribution >= 0.6 is 0 Å². The van der Waals surface area contributed by atoms with Gasteiger partial charge in [-0.3, -0.25) is 4.79 Å². The van der Waals surface area contributed by atoms with Gasteiger partial charge in [0, 0.05) is 0 Å². The zero-order valence-electron chi connectivity index (χ0n) is 11.8. The summed E-state index contributed by atoms with van der Waals surface area (Å²) in [6.07, 6.45) is 0.196. The second kappa shape index (κ2) is 7.79. The minimum Gasteiger partial charge on any atom is -0.491 e. The Morgan fingerprint density at radius 2 is 1.95 bits per heavy atom. The molecule has 1 N–H and O–H groups in total. The third kappa shape index (κ3) is 5.30. The second-order valence-electron chi connectivity index (χ2n) is 4.62. The summed E-state index contributed by atoms with van der Waals surface area (Å²) < 4.78 is 9.90. The van der Waals surface area contributed by atoms with Crippen LogP contribution in [-0.2, 0) is 9.53 Å². The Hall–Kier alpha value is -1.55. The lowest BCUT2D eigenvalue weighted by Gasteiger charge is -2.13. The zero-order chi connectivity index (χ0) is 14.3. The monoisotopic (exact) mass is 266 g/mol. The van der Waals surface area contributed by atoms with Gasteiger partial charge in [-0.25, -0.2) is 0 Å². The Bertz CT molecular complexity index is 386. The average Bonchev–Trinajstić information content (AvgIpc) is 2.44. The number of aliphatic hydroxyl groups is 1. The van der Waals surface area contributed by atoms with Crippen molar-refractivity contribution in [3.8, 4) is 5.75 Å². The van der Waals surface area contributed by atoms with Crippen LogP contribution in [0.5, 0.6) is 5.75 Å². The molecule has 1 aromatic rings. The van der Waals surface area contributed by atoms with Gasteiger partial charge in [-0.05, 0) is 30.0 Å². The van der Waals surface area contributed by atoms with Crippen LogP contribution in [0.25, 0.3) is 0 Å². The molecule has 0 saturated heterocycles. The minimum atomic E-state index is -0.846. The van der Waals surface area contributed by atoms with Crippen molar-refractivity contribution in [2.24, 2.45) is 0 Å². The smallest absolute Gasteiger partial charge is 0.308 e. The van der Waals surface area contributed by atoms with Gasteiger partial charge >= 0.3 is 5.97 Å². The van der Waals surface area contributed by atoms with Gasteiger partial charge in [0.25, 0.3) is 0 Å². The van der Waals surface area contributed by atoms with Gasteiger partial charge < -0.3 is 14.6 Å². The predicted octanol–water partition coefficient (Wildman–Crippen LogP) is 2.50. The quantitative estimate of drug-likeness (QED) is 0.770. The van der Waals surface area contributed by atoms with Crippen LogP contribution in [0, 0.1) is 0 Å². The number of esters is 1. The maximum absolute atomic E-state index is 10.9. The van der Waals surface area contributed by atoms with Gasteiger partial charge in [-0.1, -0.05) is 26.0 Å². The van der Waals surface area contributed by atoms with E-state index in [0.29, 0.717) is 11.7 Å². The van der Waals surface area contributed by atoms with E-state index in [2.05, 4.69) is 18.6 Å². The van der Waals surface area contributed by atoms with Gasteiger partial charge in [0.2, 0.25) is 0 Å². The highest BCUT2D eigenvalue weighted by molar-refractivity contribution is 5.69. The number of hydrogen-bond acceptors (Lipinski definition) is 4. The Kier molecular flexibility index (Phi) is 6.36. The number of benzene rings is 1. The minimum absolute atomic E-state index is 0.0541. The van der Waals surface area contributed by atoms with Crippen molar-refractivity contribution in [3.05, 3.63) is 29.8 Å². The lowest BCUT2D eigenvalue weighted by Crippen LogP contribution is -2.21. The van der Waals surface area contributed by atoms with Crippen LogP contribution < -0.4 is 4.74 Å². The topological polar surface area (TPSA) is 55.8 Å². The largest absolute Gasteiger partial charge is 0.491 e. The first-order chi connectivity index (χ1) is 9.06. The zero-order valence-corrected chi connectivity index (χ0v) is 11.8. The van der Waals surface area contributed by atoms with E-state index in [9.17, 15) is 9.90 Å². The van der Waals surface area contributed by atoms with Crippen molar-refractivity contribution in [1.29, 1.82) is 0 Å². The maximum atomic E-state index is 10.9. The van der Waals surface area contributed by atoms with Gasteiger partial charge in [-0.15, -0.1) is 0 Å². The summed E-state index contributed by atoms with van der Waals surface area (Å²) in [5.41, 5.74) is 1.27. The Morgan fingerprint density at radius 3 is 2.47 bits per heavy atom. The van der Waals surface area contributed by atoms with E-state index in [0.717, 1.165) is 6.42 Å². The lowest BCUT2D eigenvalue weighted by atomic mass is 9.99. The van der Waals surface area contributed by atoms with Crippen molar-refractivity contribution in [2.45, 2.75) is 38.7 Å². The fourth-order valence-corrected chi connectivity index (χ4v) is 1.66. The fraction of sp³-hybridized carbons (Fsp3) is 0.533. The van der Waals surface area contributed by atoms with Crippen molar-refractivity contribution in [2.75, 3.05) is 13.7 Å². The van der Waals surface area contributed by atoms with Crippen LogP contribution in [0.3, 0.4) is 0 Å². The molecule has 0 spiro atoms. The van der Waals surface area contributed by atoms with Gasteiger partial charge in [0.15, 0.2) is 0 Å². The van der Waals surface area contributed by atoms with Crippen molar-refractivity contribution in [1.82, 2.24) is 0 Å². The first-order valence-corrected chi connectivity index (χ1v) is 6.54. The van der Waals surface area contributed by atoms with E-state index < -0.39 is 12.1 Å². The Balaban J connectivity index is 2.43. The van der Waals surface area contributed by atoms with Crippen LogP contribution in [0.4, 0.5) is 0 Å². The summed E-state index contributed by atoms with van der Waals surface area (Å²) in [5.74, 6) is 0.776. The van der Waals surface area contributed by atoms with Crippen molar-refractivity contribution < 1.29 is 19.4 Å². The van der Waals surface area contributed by atoms with Gasteiger partial charge in [0.1, 0.15) is 12.4 Å². The number of rotatable bonds is 7. The van der Waals surface area contributed by atoms with Crippen molar-refractivity contribution >= 4 is 5.97 Å². The van der Waals surface area contributed by atoms with E-state index in [1.54, 1.807) is 0 Å². The number of hydrogen-bond donors (Lipinski definition) is 1. The summed E-state index contributed by atoms with van der Waals surface area (Å²) in [5, 5.41) is 9.57. The SMILES string of the molecule is CC[C@@H](C)c1ccc(OC[C@H](O)CC(=O)OC)cc1. The molecule has 2 atom stereocenters. The number of methoxy groups -OCH3 is 1. The highest BCUT2D eigenvalue weighted by Gasteiger charge is 2.11. The van der Waals surface area contributed by atoms with Crippen LogP contribution in [-0.4, -0.2) is 30.9 Å². The molecular weight excluding hydrogens is 244 g/mol. The molecule has 0 fully saturated rings. The first-order valence-electron chi connectivity index (χ1n) is 6.54. The Labute approximate surface area is 114 Å². The molecule has 0 aliphatic rings. The molecule has 0 radical (unpaired) electrons. The maximum Gasteiger partial charge on any atom is 0.308 e. The first kappa shape index (κ1) is 15.5. The van der Waals surface area contributed by atoms with E-state index in [1.807, 2.05) is 24.3 Å². The van der Waals surface area contributed by atoms with Crippen molar-refractivity contribution in [3.63, 3.8) is 0 Å². The normalized spacial score (nSPS) is 13.7. The highest BCUT2D eigenvalue weighted by atomic mass is 16.5. The summed E-state index contributed by atoms with van der Waals surface area (Å²) in [7, 11) is 1.30. The number of aliphatic hydroxyl groups excluding tert-OH is 1. The van der Waals surface area contributed by atoms with E-state index in [-0.39, 0.29) is 13.0 Å². The molecule has 0 aromatic heterocycles. The summed E-state index contributed by atoms with van der Waals surface area (Å²) in [4.78, 5) is 10.9. The average molecular weight is 266 g/mol. The molecule has 4 nitrogen and oxygen atoms in total. The van der Waals surface area contributed by atoms with Gasteiger partial charge in [0.05, 0.1) is 19.6 Å². The van der Waals surface area contributed by atoms with Crippen LogP contribution in [0.15, 0.2) is 24.3 Å². The molecule has 0 unspecified atom stereocenters. The molecule has 0 aliphatic heterocycles. The molecule has 0 bridgehead atoms. The molecule has 19 heavy (non-hydrogen) atoms. The summed E-state index contributed by atoms with van der Waals surface area (Å²) in [6.45, 7) is 4.41. The van der Waals surface area contributed by atoms with E-state index in [4.69, 9.17) is 4.74 Å². The van der Waals surface area contributed by atoms with Gasteiger partial charge in [-0.2, -0.15) is 0 Å². The molecule has 0 aliphatic carbocycles. The number of carbonyl (C=O) groups excluding carboxylic acids is 1. The standard InChI is InChI=1S/C15H22O4/c1-4-11(2)12-5-7-14(8-6-12)19-10-13(16)9-15(17)18-3/h5-8,11,13,16H,4,9-10H2,1-3H3/t11-,13-/m1/s1. The van der Waals surface area contributed by atoms with E-state index in [1.165, 1.54) is 12.7 Å². The molecule has 1 aromatic carbocycles. The second-order valence-corrected chi connectivity index (χ2v) is 4.62. The highest BCUT2D eigenvalue weighted by Crippen LogP contribution is 2.21. The molecule has 4 heteroatoms. The van der Waals surface area contributed by atoms with Crippen LogP contribution in [0.1, 0.15) is 38.2 Å². The molecule has 1 rings (SSSR count). The van der Waals surface area contributed by atoms with Crippen LogP contribution in [0.2, 0.25) is 0 Å². The summed E-state index contributed by atoms with van der Waals surface area (Å²) in [6, 6.07) is 7.81. The molecule has 106 valence electrons. The molecule has 0 saturated carbocycles. The number of carbonyl (C=O) groups is 1. The fourth-order valence-electron chi connectivity index (χ4n) is 1.66. The third-order valence-corrected chi connectivity index (χ3v) is 3.13. The number of ether oxygens (including phenoxy) is 2. The summed E-state index contributed by atoms with van der Waals surface area (Å²) >= 11 is 0. The lowest BCUT2D eigenvalue weighted by molar-refractivity contribution is -0.143. The predicted molar refractivity (Wildman–Crippen MR) is 73.3 cm³/mol. The van der Waals surface area contributed by atoms with E-state index >= 15 is 0 Å². The molecule has 0 heterocycles. The third-order valence-electron chi connectivity index (χ3n) is 3.13. The Morgan fingerprint density at radius 1 is 1.32 bits per heavy atom. The molecule has 0 amide bonds.